The van der Waals surface area contributed by atoms with Crippen molar-refractivity contribution in [3.8, 4) is 0 Å². The number of rotatable bonds is 3. The van der Waals surface area contributed by atoms with E-state index in [4.69, 9.17) is 16.7 Å². The van der Waals surface area contributed by atoms with Gasteiger partial charge < -0.3 is 5.11 Å². The smallest absolute Gasteiger partial charge is 0.0515 e. The number of halogens is 1. The Morgan fingerprint density at radius 1 is 1.46 bits per heavy atom. The van der Waals surface area contributed by atoms with Gasteiger partial charge in [0.15, 0.2) is 0 Å². The second kappa shape index (κ2) is 4.64. The van der Waals surface area contributed by atoms with E-state index >= 15 is 0 Å². The quantitative estimate of drug-likeness (QED) is 0.792. The zero-order valence-corrected chi connectivity index (χ0v) is 8.80. The maximum absolute atomic E-state index is 9.13. The molecule has 1 aromatic rings. The second-order valence-corrected chi connectivity index (χ2v) is 3.89. The molecule has 0 saturated carbocycles. The van der Waals surface area contributed by atoms with E-state index in [2.05, 4.69) is 6.07 Å². The van der Waals surface area contributed by atoms with Crippen LogP contribution < -0.4 is 0 Å². The highest BCUT2D eigenvalue weighted by molar-refractivity contribution is 6.31. The fraction of sp³-hybridized carbons (Fsp3) is 0.455. The molecule has 1 nitrogen and oxygen atoms in total. The molecule has 0 radical (unpaired) electrons. The van der Waals surface area contributed by atoms with E-state index in [9.17, 15) is 0 Å². The van der Waals surface area contributed by atoms with Crippen molar-refractivity contribution in [3.63, 3.8) is 0 Å². The van der Waals surface area contributed by atoms with E-state index in [1.165, 1.54) is 5.56 Å². The fourth-order valence-electron chi connectivity index (χ4n) is 1.26. The van der Waals surface area contributed by atoms with E-state index < -0.39 is 0 Å². The summed E-state index contributed by atoms with van der Waals surface area (Å²) in [6.45, 7) is 3.84. The summed E-state index contributed by atoms with van der Waals surface area (Å²) >= 11 is 6.00. The number of aliphatic hydroxyl groups is 1. The van der Waals surface area contributed by atoms with Crippen molar-refractivity contribution in [1.82, 2.24) is 0 Å². The Morgan fingerprint density at radius 2 is 2.15 bits per heavy atom. The third-order valence-electron chi connectivity index (χ3n) is 2.03. The van der Waals surface area contributed by atoms with Gasteiger partial charge in [0.25, 0.3) is 0 Å². The third-order valence-corrected chi connectivity index (χ3v) is 2.40. The van der Waals surface area contributed by atoms with Crippen LogP contribution in [0.3, 0.4) is 0 Å². The van der Waals surface area contributed by atoms with Crippen molar-refractivity contribution >= 4 is 11.6 Å². The number of hydrogen-bond acceptors (Lipinski definition) is 1. The Balaban J connectivity index is 2.70. The summed E-state index contributed by atoms with van der Waals surface area (Å²) in [5, 5.41) is 9.93. The van der Waals surface area contributed by atoms with E-state index in [0.717, 1.165) is 23.4 Å². The van der Waals surface area contributed by atoms with E-state index in [1.54, 1.807) is 6.92 Å². The highest BCUT2D eigenvalue weighted by Gasteiger charge is 2.02. The molecule has 0 aliphatic heterocycles. The summed E-state index contributed by atoms with van der Waals surface area (Å²) in [6.07, 6.45) is 1.36. The van der Waals surface area contributed by atoms with Crippen molar-refractivity contribution in [2.24, 2.45) is 0 Å². The van der Waals surface area contributed by atoms with Gasteiger partial charge in [0.05, 0.1) is 6.10 Å². The van der Waals surface area contributed by atoms with Crippen LogP contribution in [-0.4, -0.2) is 11.2 Å². The first-order chi connectivity index (χ1) is 6.09. The van der Waals surface area contributed by atoms with Crippen LogP contribution in [0.4, 0.5) is 0 Å². The van der Waals surface area contributed by atoms with Gasteiger partial charge in [-0.2, -0.15) is 0 Å². The molecule has 0 amide bonds. The zero-order chi connectivity index (χ0) is 9.84. The first-order valence-corrected chi connectivity index (χ1v) is 4.90. The molecule has 0 saturated heterocycles. The number of aliphatic hydroxyl groups excluding tert-OH is 1. The highest BCUT2D eigenvalue weighted by Crippen LogP contribution is 2.19. The van der Waals surface area contributed by atoms with Crippen molar-refractivity contribution in [3.05, 3.63) is 34.3 Å². The van der Waals surface area contributed by atoms with Crippen LogP contribution in [-0.2, 0) is 6.42 Å². The molecule has 0 spiro atoms. The molecule has 0 aliphatic rings. The molecule has 13 heavy (non-hydrogen) atoms. The van der Waals surface area contributed by atoms with E-state index in [0.29, 0.717) is 0 Å². The molecule has 0 aliphatic carbocycles. The molecule has 1 aromatic carbocycles. The molecule has 0 heterocycles. The Kier molecular flexibility index (Phi) is 3.76. The monoisotopic (exact) mass is 198 g/mol. The molecule has 0 fully saturated rings. The molecule has 1 N–H and O–H groups in total. The minimum absolute atomic E-state index is 0.253. The summed E-state index contributed by atoms with van der Waals surface area (Å²) in [4.78, 5) is 0. The van der Waals surface area contributed by atoms with Gasteiger partial charge in [-0.25, -0.2) is 0 Å². The van der Waals surface area contributed by atoms with Gasteiger partial charge in [-0.3, -0.25) is 0 Å². The zero-order valence-electron chi connectivity index (χ0n) is 8.05. The van der Waals surface area contributed by atoms with Gasteiger partial charge in [-0.05, 0) is 38.3 Å². The maximum atomic E-state index is 9.13. The van der Waals surface area contributed by atoms with Crippen molar-refractivity contribution in [2.75, 3.05) is 0 Å². The lowest BCUT2D eigenvalue weighted by Gasteiger charge is -2.06. The van der Waals surface area contributed by atoms with Gasteiger partial charge in [0.2, 0.25) is 0 Å². The van der Waals surface area contributed by atoms with Crippen LogP contribution in [0.5, 0.6) is 0 Å². The van der Waals surface area contributed by atoms with Crippen LogP contribution in [0.2, 0.25) is 5.02 Å². The predicted molar refractivity (Wildman–Crippen MR) is 56.2 cm³/mol. The first kappa shape index (κ1) is 10.6. The fourth-order valence-corrected chi connectivity index (χ4v) is 1.47. The third kappa shape index (κ3) is 3.37. The summed E-state index contributed by atoms with van der Waals surface area (Å²) in [6, 6.07) is 5.98. The number of hydrogen-bond donors (Lipinski definition) is 1. The molecular formula is C11H15ClO. The first-order valence-electron chi connectivity index (χ1n) is 4.52. The van der Waals surface area contributed by atoms with Crippen molar-refractivity contribution < 1.29 is 5.11 Å². The SMILES string of the molecule is Cc1ccc(Cl)c(CC[C@H](C)O)c1. The van der Waals surface area contributed by atoms with Crippen LogP contribution in [0.25, 0.3) is 0 Å². The van der Waals surface area contributed by atoms with Gasteiger partial charge >= 0.3 is 0 Å². The lowest BCUT2D eigenvalue weighted by atomic mass is 10.1. The van der Waals surface area contributed by atoms with Gasteiger partial charge in [-0.15, -0.1) is 0 Å². The Morgan fingerprint density at radius 3 is 2.77 bits per heavy atom. The van der Waals surface area contributed by atoms with Gasteiger partial charge in [-0.1, -0.05) is 29.3 Å². The minimum Gasteiger partial charge on any atom is -0.393 e. The topological polar surface area (TPSA) is 20.2 Å². The normalized spacial score (nSPS) is 12.9. The molecule has 0 bridgehead atoms. The van der Waals surface area contributed by atoms with E-state index in [-0.39, 0.29) is 6.10 Å². The van der Waals surface area contributed by atoms with Crippen molar-refractivity contribution in [2.45, 2.75) is 32.8 Å². The minimum atomic E-state index is -0.253. The van der Waals surface area contributed by atoms with Gasteiger partial charge in [0, 0.05) is 5.02 Å². The second-order valence-electron chi connectivity index (χ2n) is 3.48. The summed E-state index contributed by atoms with van der Waals surface area (Å²) in [5.41, 5.74) is 2.34. The number of aryl methyl sites for hydroxylation is 2. The summed E-state index contributed by atoms with van der Waals surface area (Å²) in [5.74, 6) is 0. The average Bonchev–Trinajstić information content (AvgIpc) is 2.06. The van der Waals surface area contributed by atoms with Gasteiger partial charge in [0.1, 0.15) is 0 Å². The van der Waals surface area contributed by atoms with Crippen molar-refractivity contribution in [1.29, 1.82) is 0 Å². The molecular weight excluding hydrogens is 184 g/mol. The molecule has 1 atom stereocenters. The standard InChI is InChI=1S/C11H15ClO/c1-8-3-6-11(12)10(7-8)5-4-9(2)13/h3,6-7,9,13H,4-5H2,1-2H3/t9-/m0/s1. The Bertz CT molecular complexity index is 281. The van der Waals surface area contributed by atoms with Crippen LogP contribution in [0.1, 0.15) is 24.5 Å². The molecule has 2 heteroatoms. The predicted octanol–water partition coefficient (Wildman–Crippen LogP) is 2.96. The average molecular weight is 199 g/mol. The van der Waals surface area contributed by atoms with E-state index in [1.807, 2.05) is 19.1 Å². The summed E-state index contributed by atoms with van der Waals surface area (Å²) in [7, 11) is 0. The number of benzene rings is 1. The maximum Gasteiger partial charge on any atom is 0.0515 e. The molecule has 0 aromatic heterocycles. The van der Waals surface area contributed by atoms with Crippen LogP contribution in [0.15, 0.2) is 18.2 Å². The Labute approximate surface area is 84.4 Å². The molecule has 0 unspecified atom stereocenters. The highest BCUT2D eigenvalue weighted by atomic mass is 35.5. The lowest BCUT2D eigenvalue weighted by Crippen LogP contribution is -2.01. The van der Waals surface area contributed by atoms with Crippen LogP contribution >= 0.6 is 11.6 Å². The lowest BCUT2D eigenvalue weighted by molar-refractivity contribution is 0.185. The largest absolute Gasteiger partial charge is 0.393 e. The molecule has 72 valence electrons. The Hall–Kier alpha value is -0.530. The van der Waals surface area contributed by atoms with Crippen LogP contribution in [0, 0.1) is 6.92 Å². The summed E-state index contributed by atoms with van der Waals surface area (Å²) < 4.78 is 0. The molecule has 1 rings (SSSR count).